The quantitative estimate of drug-likeness (QED) is 0.580. The lowest BCUT2D eigenvalue weighted by Crippen LogP contribution is -2.57. The van der Waals surface area contributed by atoms with Crippen molar-refractivity contribution in [2.45, 2.75) is 57.7 Å². The first-order valence-corrected chi connectivity index (χ1v) is 10.7. The van der Waals surface area contributed by atoms with Crippen molar-refractivity contribution in [2.75, 3.05) is 19.4 Å². The molecule has 11 heteroatoms. The van der Waals surface area contributed by atoms with Crippen molar-refractivity contribution in [3.8, 4) is 0 Å². The number of halogens is 1. The van der Waals surface area contributed by atoms with Gasteiger partial charge in [-0.25, -0.2) is 9.78 Å². The summed E-state index contributed by atoms with van der Waals surface area (Å²) in [6.07, 6.45) is 1.91. The highest BCUT2D eigenvalue weighted by atomic mass is 35.5. The van der Waals surface area contributed by atoms with Crippen LogP contribution >= 0.6 is 11.6 Å². The molecule has 10 nitrogen and oxygen atoms in total. The maximum absolute atomic E-state index is 12.5. The number of carbonyl (C=O) groups excluding carboxylic acids is 4. The largest absolute Gasteiger partial charge is 0.444 e. The number of carbonyl (C=O) groups is 4. The molecule has 1 saturated carbocycles. The third-order valence-corrected chi connectivity index (χ3v) is 5.06. The van der Waals surface area contributed by atoms with Crippen LogP contribution in [-0.4, -0.2) is 65.5 Å². The lowest BCUT2D eigenvalue weighted by atomic mass is 9.81. The number of anilines is 1. The first kappa shape index (κ1) is 25.4. The third kappa shape index (κ3) is 7.67. The summed E-state index contributed by atoms with van der Waals surface area (Å²) in [6.45, 7) is 5.21. The molecule has 3 atom stereocenters. The summed E-state index contributed by atoms with van der Waals surface area (Å²) in [5, 5.41) is 8.19. The topological polar surface area (TPSA) is 130 Å². The van der Waals surface area contributed by atoms with Gasteiger partial charge in [-0.05, 0) is 52.2 Å². The highest BCUT2D eigenvalue weighted by Gasteiger charge is 2.37. The number of pyridine rings is 1. The van der Waals surface area contributed by atoms with Gasteiger partial charge in [0, 0.05) is 32.3 Å². The summed E-state index contributed by atoms with van der Waals surface area (Å²) in [7, 11) is 3.34. The predicted octanol–water partition coefficient (Wildman–Crippen LogP) is 1.94. The van der Waals surface area contributed by atoms with Gasteiger partial charge in [0.2, 0.25) is 5.91 Å². The number of nitrogens with one attached hydrogen (secondary N) is 3. The van der Waals surface area contributed by atoms with Gasteiger partial charge in [0.05, 0.1) is 11.1 Å². The van der Waals surface area contributed by atoms with Crippen LogP contribution in [0, 0.1) is 5.92 Å². The second kappa shape index (κ2) is 10.6. The lowest BCUT2D eigenvalue weighted by molar-refractivity contribution is -0.137. The fourth-order valence-electron chi connectivity index (χ4n) is 3.41. The van der Waals surface area contributed by atoms with Crippen LogP contribution in [0.2, 0.25) is 5.02 Å². The van der Waals surface area contributed by atoms with Crippen molar-refractivity contribution < 1.29 is 23.9 Å². The number of amides is 4. The van der Waals surface area contributed by atoms with E-state index in [1.165, 1.54) is 23.2 Å². The van der Waals surface area contributed by atoms with E-state index in [0.29, 0.717) is 24.3 Å². The van der Waals surface area contributed by atoms with Crippen LogP contribution < -0.4 is 16.0 Å². The van der Waals surface area contributed by atoms with Crippen molar-refractivity contribution in [3.63, 3.8) is 0 Å². The zero-order chi connectivity index (χ0) is 24.1. The number of ether oxygens (including phenoxy) is 1. The smallest absolute Gasteiger partial charge is 0.407 e. The maximum Gasteiger partial charge on any atom is 0.407 e. The molecule has 32 heavy (non-hydrogen) atoms. The van der Waals surface area contributed by atoms with Crippen molar-refractivity contribution >= 4 is 41.2 Å². The summed E-state index contributed by atoms with van der Waals surface area (Å²) in [4.78, 5) is 54.9. The van der Waals surface area contributed by atoms with E-state index in [0.717, 1.165) is 0 Å². The van der Waals surface area contributed by atoms with Crippen molar-refractivity contribution in [2.24, 2.45) is 5.92 Å². The Morgan fingerprint density at radius 3 is 2.31 bits per heavy atom. The molecule has 1 aliphatic rings. The van der Waals surface area contributed by atoms with Crippen LogP contribution in [0.3, 0.4) is 0 Å². The second-order valence-electron chi connectivity index (χ2n) is 8.89. The summed E-state index contributed by atoms with van der Waals surface area (Å²) in [6, 6.07) is 1.87. The van der Waals surface area contributed by atoms with E-state index in [9.17, 15) is 19.2 Å². The molecular weight excluding hydrogens is 438 g/mol. The van der Waals surface area contributed by atoms with Crippen molar-refractivity contribution in [3.05, 3.63) is 23.4 Å². The van der Waals surface area contributed by atoms with Crippen molar-refractivity contribution in [1.82, 2.24) is 20.5 Å². The van der Waals surface area contributed by atoms with E-state index in [4.69, 9.17) is 16.3 Å². The van der Waals surface area contributed by atoms with Gasteiger partial charge in [-0.3, -0.25) is 14.4 Å². The Morgan fingerprint density at radius 1 is 1.06 bits per heavy atom. The van der Waals surface area contributed by atoms with Crippen LogP contribution in [0.1, 0.15) is 40.0 Å². The van der Waals surface area contributed by atoms with E-state index in [2.05, 4.69) is 20.9 Å². The Labute approximate surface area is 192 Å². The SMILES string of the molecule is CN(C)C(=O)[C@H]1CC[C@@H](NC(=O)C(=O)Nc2ccc(Cl)cn2)[C@H](NC(=O)OC(C)(C)C)C1. The van der Waals surface area contributed by atoms with E-state index in [-0.39, 0.29) is 17.6 Å². The molecule has 0 spiro atoms. The highest BCUT2D eigenvalue weighted by Crippen LogP contribution is 2.27. The predicted molar refractivity (Wildman–Crippen MR) is 119 cm³/mol. The molecule has 0 aromatic carbocycles. The Hall–Kier alpha value is -2.88. The Morgan fingerprint density at radius 2 is 1.75 bits per heavy atom. The summed E-state index contributed by atoms with van der Waals surface area (Å²) in [5.74, 6) is -1.97. The first-order valence-electron chi connectivity index (χ1n) is 10.3. The molecule has 0 saturated heterocycles. The Bertz CT molecular complexity index is 853. The molecule has 1 aliphatic carbocycles. The van der Waals surface area contributed by atoms with Gasteiger partial charge in [0.25, 0.3) is 0 Å². The monoisotopic (exact) mass is 467 g/mol. The molecule has 0 bridgehead atoms. The molecule has 1 fully saturated rings. The summed E-state index contributed by atoms with van der Waals surface area (Å²) >= 11 is 5.76. The van der Waals surface area contributed by atoms with Crippen molar-refractivity contribution in [1.29, 1.82) is 0 Å². The second-order valence-corrected chi connectivity index (χ2v) is 9.33. The summed E-state index contributed by atoms with van der Waals surface area (Å²) < 4.78 is 5.32. The minimum absolute atomic E-state index is 0.0580. The molecular formula is C21H30ClN5O5. The van der Waals surface area contributed by atoms with Crippen LogP contribution in [0.4, 0.5) is 10.6 Å². The minimum atomic E-state index is -0.901. The summed E-state index contributed by atoms with van der Waals surface area (Å²) in [5.41, 5.74) is -0.707. The Kier molecular flexibility index (Phi) is 8.43. The van der Waals surface area contributed by atoms with E-state index in [1.807, 2.05) is 0 Å². The molecule has 1 aromatic heterocycles. The fraction of sp³-hybridized carbons (Fsp3) is 0.571. The van der Waals surface area contributed by atoms with Crippen LogP contribution in [0.5, 0.6) is 0 Å². The van der Waals surface area contributed by atoms with Gasteiger partial charge in [-0.2, -0.15) is 0 Å². The van der Waals surface area contributed by atoms with Gasteiger partial charge in [0.1, 0.15) is 11.4 Å². The number of hydrogen-bond acceptors (Lipinski definition) is 6. The lowest BCUT2D eigenvalue weighted by Gasteiger charge is -2.37. The van der Waals surface area contributed by atoms with E-state index < -0.39 is 35.6 Å². The van der Waals surface area contributed by atoms with E-state index >= 15 is 0 Å². The Balaban J connectivity index is 2.07. The number of alkyl carbamates (subject to hydrolysis) is 1. The first-order chi connectivity index (χ1) is 14.9. The number of rotatable bonds is 4. The third-order valence-electron chi connectivity index (χ3n) is 4.83. The molecule has 0 unspecified atom stereocenters. The van der Waals surface area contributed by atoms with Crippen LogP contribution in [0.15, 0.2) is 18.3 Å². The zero-order valence-electron chi connectivity index (χ0n) is 18.9. The highest BCUT2D eigenvalue weighted by molar-refractivity contribution is 6.39. The molecule has 4 amide bonds. The normalized spacial score (nSPS) is 20.6. The standard InChI is InChI=1S/C21H30ClN5O5/c1-21(2,3)32-20(31)25-15-10-12(19(30)27(4)5)6-8-14(15)24-17(28)18(29)26-16-9-7-13(22)11-23-16/h7,9,11-12,14-15H,6,8,10H2,1-5H3,(H,24,28)(H,25,31)(H,23,26,29)/t12-,14+,15+/m0/s1. The van der Waals surface area contributed by atoms with Gasteiger partial charge in [-0.15, -0.1) is 0 Å². The van der Waals surface area contributed by atoms with Crippen LogP contribution in [-0.2, 0) is 19.1 Å². The zero-order valence-corrected chi connectivity index (χ0v) is 19.7. The number of nitrogens with zero attached hydrogens (tertiary/aromatic N) is 2. The number of aromatic nitrogens is 1. The minimum Gasteiger partial charge on any atom is -0.444 e. The van der Waals surface area contributed by atoms with Gasteiger partial charge in [-0.1, -0.05) is 11.6 Å². The van der Waals surface area contributed by atoms with E-state index in [1.54, 1.807) is 34.9 Å². The molecule has 176 valence electrons. The molecule has 2 rings (SSSR count). The van der Waals surface area contributed by atoms with Gasteiger partial charge >= 0.3 is 17.9 Å². The maximum atomic E-state index is 12.5. The molecule has 3 N–H and O–H groups in total. The van der Waals surface area contributed by atoms with Gasteiger partial charge < -0.3 is 25.6 Å². The number of hydrogen-bond donors (Lipinski definition) is 3. The molecule has 0 radical (unpaired) electrons. The van der Waals surface area contributed by atoms with Gasteiger partial charge in [0.15, 0.2) is 0 Å². The molecule has 0 aliphatic heterocycles. The molecule has 1 aromatic rings. The average Bonchev–Trinajstić information content (AvgIpc) is 2.68. The molecule has 1 heterocycles. The average molecular weight is 468 g/mol. The van der Waals surface area contributed by atoms with Crippen LogP contribution in [0.25, 0.3) is 0 Å². The fourth-order valence-corrected chi connectivity index (χ4v) is 3.52.